The normalized spacial score (nSPS) is 10.6. The van der Waals surface area contributed by atoms with Gasteiger partial charge >= 0.3 is 5.97 Å². The number of carbonyl (C=O) groups excluding carboxylic acids is 1. The van der Waals surface area contributed by atoms with Crippen LogP contribution in [0.5, 0.6) is 5.75 Å². The molecule has 0 unspecified atom stereocenters. The summed E-state index contributed by atoms with van der Waals surface area (Å²) in [5, 5.41) is 4.21. The molecule has 6 nitrogen and oxygen atoms in total. The number of rotatable bonds is 6. The lowest BCUT2D eigenvalue weighted by atomic mass is 10.1. The number of esters is 1. The number of pyridine rings is 1. The van der Waals surface area contributed by atoms with E-state index < -0.39 is 11.5 Å². The molecule has 0 aliphatic carbocycles. The van der Waals surface area contributed by atoms with Crippen LogP contribution >= 0.6 is 11.6 Å². The summed E-state index contributed by atoms with van der Waals surface area (Å²) in [4.78, 5) is 27.3. The van der Waals surface area contributed by atoms with Crippen molar-refractivity contribution in [3.05, 3.63) is 69.0 Å². The van der Waals surface area contributed by atoms with Crippen LogP contribution in [0.15, 0.2) is 47.3 Å². The fraction of sp³-hybridized carbons (Fsp3) is 0.200. The van der Waals surface area contributed by atoms with Gasteiger partial charge in [0.05, 0.1) is 29.9 Å². The molecular formula is C20H19ClN2O4. The third-order valence-corrected chi connectivity index (χ3v) is 4.38. The van der Waals surface area contributed by atoms with Crippen molar-refractivity contribution in [1.29, 1.82) is 0 Å². The first-order chi connectivity index (χ1) is 13.0. The number of methoxy groups -OCH3 is 1. The smallest absolute Gasteiger partial charge is 0.345 e. The summed E-state index contributed by atoms with van der Waals surface area (Å²) in [5.74, 6) is 0.0347. The zero-order valence-corrected chi connectivity index (χ0v) is 15.7. The number of carbonyl (C=O) groups is 1. The van der Waals surface area contributed by atoms with Gasteiger partial charge in [-0.3, -0.25) is 4.79 Å². The summed E-state index contributed by atoms with van der Waals surface area (Å²) >= 11 is 6.21. The first kappa shape index (κ1) is 18.8. The molecule has 27 heavy (non-hydrogen) atoms. The van der Waals surface area contributed by atoms with Gasteiger partial charge in [-0.05, 0) is 30.7 Å². The molecule has 0 amide bonds. The summed E-state index contributed by atoms with van der Waals surface area (Å²) in [6, 6.07) is 12.8. The van der Waals surface area contributed by atoms with E-state index in [0.717, 1.165) is 11.3 Å². The standard InChI is InChI=1S/C20H19ClN2O4/c1-3-27-13-7-4-6-12(10-13)11-22-18-14-8-5-9-15(21)17(14)23-19(24)16(18)20(25)26-2/h4-10H,3,11H2,1-2H3,(H2,22,23,24). The molecule has 0 atom stereocenters. The van der Waals surface area contributed by atoms with Crippen LogP contribution in [0.25, 0.3) is 10.9 Å². The van der Waals surface area contributed by atoms with Crippen LogP contribution in [0.4, 0.5) is 5.69 Å². The van der Waals surface area contributed by atoms with Gasteiger partial charge in [-0.15, -0.1) is 0 Å². The SMILES string of the molecule is CCOc1cccc(CNc2c(C(=O)OC)c(=O)[nH]c3c(Cl)cccc23)c1. The monoisotopic (exact) mass is 386 g/mol. The predicted octanol–water partition coefficient (Wildman–Crippen LogP) is 3.98. The number of ether oxygens (including phenoxy) is 2. The van der Waals surface area contributed by atoms with E-state index in [-0.39, 0.29) is 5.56 Å². The van der Waals surface area contributed by atoms with E-state index in [1.54, 1.807) is 18.2 Å². The van der Waals surface area contributed by atoms with Crippen LogP contribution in [0, 0.1) is 0 Å². The highest BCUT2D eigenvalue weighted by Crippen LogP contribution is 2.29. The number of benzene rings is 2. The molecule has 1 aromatic heterocycles. The Labute approximate surface area is 161 Å². The van der Waals surface area contributed by atoms with Crippen molar-refractivity contribution in [3.63, 3.8) is 0 Å². The second-order valence-corrected chi connectivity index (χ2v) is 6.20. The predicted molar refractivity (Wildman–Crippen MR) is 106 cm³/mol. The molecule has 0 spiro atoms. The van der Waals surface area contributed by atoms with Gasteiger partial charge < -0.3 is 19.8 Å². The van der Waals surface area contributed by atoms with Crippen LogP contribution < -0.4 is 15.6 Å². The maximum Gasteiger partial charge on any atom is 0.345 e. The van der Waals surface area contributed by atoms with Crippen LogP contribution in [-0.2, 0) is 11.3 Å². The fourth-order valence-corrected chi connectivity index (χ4v) is 3.09. The summed E-state index contributed by atoms with van der Waals surface area (Å²) in [6.45, 7) is 2.87. The number of fused-ring (bicyclic) bond motifs is 1. The van der Waals surface area contributed by atoms with Crippen molar-refractivity contribution in [2.45, 2.75) is 13.5 Å². The summed E-state index contributed by atoms with van der Waals surface area (Å²) in [7, 11) is 1.24. The first-order valence-electron chi connectivity index (χ1n) is 8.43. The lowest BCUT2D eigenvalue weighted by Gasteiger charge is -2.14. The van der Waals surface area contributed by atoms with Gasteiger partial charge in [-0.1, -0.05) is 35.9 Å². The Kier molecular flexibility index (Phi) is 5.66. The average Bonchev–Trinajstić information content (AvgIpc) is 2.67. The first-order valence-corrected chi connectivity index (χ1v) is 8.81. The number of nitrogens with one attached hydrogen (secondary N) is 2. The molecule has 0 bridgehead atoms. The Hall–Kier alpha value is -2.99. The van der Waals surface area contributed by atoms with E-state index in [1.165, 1.54) is 7.11 Å². The van der Waals surface area contributed by atoms with Gasteiger partial charge in [0.25, 0.3) is 5.56 Å². The van der Waals surface area contributed by atoms with Crippen LogP contribution in [0.3, 0.4) is 0 Å². The summed E-state index contributed by atoms with van der Waals surface area (Å²) < 4.78 is 10.3. The minimum atomic E-state index is -0.719. The fourth-order valence-electron chi connectivity index (χ4n) is 2.87. The van der Waals surface area contributed by atoms with Gasteiger partial charge in [0.2, 0.25) is 0 Å². The van der Waals surface area contributed by atoms with E-state index in [1.807, 2.05) is 31.2 Å². The highest BCUT2D eigenvalue weighted by Gasteiger charge is 2.21. The third kappa shape index (κ3) is 3.90. The van der Waals surface area contributed by atoms with Gasteiger partial charge in [0.15, 0.2) is 0 Å². The van der Waals surface area contributed by atoms with Crippen molar-refractivity contribution < 1.29 is 14.3 Å². The van der Waals surface area contributed by atoms with Crippen LogP contribution in [0.1, 0.15) is 22.8 Å². The van der Waals surface area contributed by atoms with Crippen molar-refractivity contribution >= 4 is 34.2 Å². The summed E-state index contributed by atoms with van der Waals surface area (Å²) in [6.07, 6.45) is 0. The molecule has 0 saturated heterocycles. The van der Waals surface area contributed by atoms with Gasteiger partial charge in [0, 0.05) is 11.9 Å². The molecule has 0 radical (unpaired) electrons. The lowest BCUT2D eigenvalue weighted by molar-refractivity contribution is 0.0600. The molecule has 2 N–H and O–H groups in total. The molecule has 140 valence electrons. The maximum atomic E-state index is 12.5. The number of halogens is 1. The largest absolute Gasteiger partial charge is 0.494 e. The maximum absolute atomic E-state index is 12.5. The highest BCUT2D eigenvalue weighted by molar-refractivity contribution is 6.35. The molecule has 0 fully saturated rings. The molecular weight excluding hydrogens is 368 g/mol. The molecule has 1 heterocycles. The Bertz CT molecular complexity index is 1050. The second-order valence-electron chi connectivity index (χ2n) is 5.79. The zero-order valence-electron chi connectivity index (χ0n) is 15.0. The molecule has 0 saturated carbocycles. The molecule has 3 aromatic rings. The van der Waals surface area contributed by atoms with Crippen molar-refractivity contribution in [3.8, 4) is 5.75 Å². The number of anilines is 1. The number of para-hydroxylation sites is 1. The number of H-pyrrole nitrogens is 1. The minimum absolute atomic E-state index is 0.0896. The average molecular weight is 387 g/mol. The highest BCUT2D eigenvalue weighted by atomic mass is 35.5. The van der Waals surface area contributed by atoms with E-state index in [2.05, 4.69) is 10.3 Å². The zero-order chi connectivity index (χ0) is 19.4. The van der Waals surface area contributed by atoms with Crippen molar-refractivity contribution in [1.82, 2.24) is 4.98 Å². The van der Waals surface area contributed by atoms with Crippen molar-refractivity contribution in [2.75, 3.05) is 19.0 Å². The third-order valence-electron chi connectivity index (χ3n) is 4.07. The van der Waals surface area contributed by atoms with E-state index >= 15 is 0 Å². The number of hydrogen-bond acceptors (Lipinski definition) is 5. The Morgan fingerprint density at radius 2 is 2.00 bits per heavy atom. The number of aromatic amines is 1. The molecule has 0 aliphatic heterocycles. The Morgan fingerprint density at radius 3 is 2.74 bits per heavy atom. The molecule has 2 aromatic carbocycles. The van der Waals surface area contributed by atoms with Gasteiger partial charge in [0.1, 0.15) is 11.3 Å². The quantitative estimate of drug-likeness (QED) is 0.626. The lowest BCUT2D eigenvalue weighted by Crippen LogP contribution is -2.22. The topological polar surface area (TPSA) is 80.4 Å². The number of aromatic nitrogens is 1. The van der Waals surface area contributed by atoms with Gasteiger partial charge in [-0.25, -0.2) is 4.79 Å². The van der Waals surface area contributed by atoms with Crippen LogP contribution in [0.2, 0.25) is 5.02 Å². The Morgan fingerprint density at radius 1 is 1.22 bits per heavy atom. The van der Waals surface area contributed by atoms with E-state index in [0.29, 0.717) is 34.8 Å². The van der Waals surface area contributed by atoms with Crippen molar-refractivity contribution in [2.24, 2.45) is 0 Å². The van der Waals surface area contributed by atoms with E-state index in [9.17, 15) is 9.59 Å². The van der Waals surface area contributed by atoms with Crippen LogP contribution in [-0.4, -0.2) is 24.7 Å². The minimum Gasteiger partial charge on any atom is -0.494 e. The second kappa shape index (κ2) is 8.14. The molecule has 3 rings (SSSR count). The Balaban J connectivity index is 2.06. The summed E-state index contributed by atoms with van der Waals surface area (Å²) in [5.41, 5.74) is 1.13. The van der Waals surface area contributed by atoms with Gasteiger partial charge in [-0.2, -0.15) is 0 Å². The molecule has 7 heteroatoms. The molecule has 0 aliphatic rings. The number of hydrogen-bond donors (Lipinski definition) is 2. The van der Waals surface area contributed by atoms with E-state index in [4.69, 9.17) is 21.1 Å².